The normalized spacial score (nSPS) is 11.5. The molecule has 3 N–H and O–H groups in total. The maximum Gasteiger partial charge on any atom is 0.238 e. The van der Waals surface area contributed by atoms with Crippen LogP contribution in [0.1, 0.15) is 5.56 Å². The molecule has 0 spiro atoms. The van der Waals surface area contributed by atoms with Gasteiger partial charge in [0.15, 0.2) is 5.82 Å². The van der Waals surface area contributed by atoms with Crippen LogP contribution in [-0.2, 0) is 4.79 Å². The summed E-state index contributed by atoms with van der Waals surface area (Å²) in [6.07, 6.45) is 6.65. The van der Waals surface area contributed by atoms with E-state index >= 15 is 0 Å². The molecular formula is C28H24FN9O. The quantitative estimate of drug-likeness (QED) is 0.293. The van der Waals surface area contributed by atoms with Crippen LogP contribution in [-0.4, -0.2) is 66.6 Å². The maximum atomic E-state index is 14.1. The lowest BCUT2D eigenvalue weighted by Crippen LogP contribution is -2.27. The van der Waals surface area contributed by atoms with Crippen LogP contribution in [0.25, 0.3) is 56.0 Å². The number of fused-ring (bicyclic) bond motifs is 2. The highest BCUT2D eigenvalue weighted by Crippen LogP contribution is 2.32. The third-order valence-electron chi connectivity index (χ3n) is 6.17. The van der Waals surface area contributed by atoms with Crippen LogP contribution < -0.4 is 5.32 Å². The van der Waals surface area contributed by atoms with Gasteiger partial charge < -0.3 is 15.2 Å². The zero-order valence-corrected chi connectivity index (χ0v) is 21.5. The number of nitrogens with one attached hydrogen (secondary N) is 3. The number of benzene rings is 1. The molecule has 39 heavy (non-hydrogen) atoms. The molecule has 0 saturated heterocycles. The predicted molar refractivity (Wildman–Crippen MR) is 147 cm³/mol. The standard InChI is InChI=1S/C28H24FN9O/c1-15-6-16(8-18(29)7-15)25-27-21(4-5-31-25)34-28(35-27)26-20-10-22(32-13-23(20)36-37-26)17-9-19(12-30-11-17)33-24(39)14-38(2)3/h4-13H,14H2,1-3H3,(H,33,39)(H,34,35)(H,36,37). The summed E-state index contributed by atoms with van der Waals surface area (Å²) in [4.78, 5) is 35.4. The minimum atomic E-state index is -0.325. The van der Waals surface area contributed by atoms with Gasteiger partial charge in [-0.2, -0.15) is 5.10 Å². The first kappa shape index (κ1) is 24.3. The van der Waals surface area contributed by atoms with Crippen LogP contribution >= 0.6 is 0 Å². The van der Waals surface area contributed by atoms with E-state index in [-0.39, 0.29) is 18.3 Å². The highest BCUT2D eigenvalue weighted by atomic mass is 19.1. The SMILES string of the molecule is Cc1cc(F)cc(-c2nccc3[nH]c(-c4n[nH]c5cnc(-c6cncc(NC(=O)CN(C)C)c6)cc45)nc23)c1. The number of halogens is 1. The number of likely N-dealkylation sites (N-methyl/N-ethyl adjacent to an activating group) is 1. The number of hydrogen-bond acceptors (Lipinski definition) is 7. The van der Waals surface area contributed by atoms with Crippen molar-refractivity contribution in [1.29, 1.82) is 0 Å². The van der Waals surface area contributed by atoms with Gasteiger partial charge in [-0.25, -0.2) is 9.37 Å². The number of carbonyl (C=O) groups excluding carboxylic acids is 1. The van der Waals surface area contributed by atoms with Crippen molar-refractivity contribution in [3.8, 4) is 34.0 Å². The number of amides is 1. The molecule has 5 aromatic heterocycles. The lowest BCUT2D eigenvalue weighted by Gasteiger charge is -2.10. The summed E-state index contributed by atoms with van der Waals surface area (Å²) < 4.78 is 14.1. The lowest BCUT2D eigenvalue weighted by molar-refractivity contribution is -0.116. The average Bonchev–Trinajstić information content (AvgIpc) is 3.51. The molecule has 0 aliphatic rings. The molecule has 0 atom stereocenters. The van der Waals surface area contributed by atoms with Crippen molar-refractivity contribution in [3.63, 3.8) is 0 Å². The highest BCUT2D eigenvalue weighted by Gasteiger charge is 2.17. The van der Waals surface area contributed by atoms with Gasteiger partial charge in [-0.05, 0) is 63.0 Å². The van der Waals surface area contributed by atoms with Crippen LogP contribution in [0.4, 0.5) is 10.1 Å². The van der Waals surface area contributed by atoms with Crippen LogP contribution in [0.5, 0.6) is 0 Å². The Morgan fingerprint density at radius 2 is 1.87 bits per heavy atom. The van der Waals surface area contributed by atoms with Crippen molar-refractivity contribution in [2.45, 2.75) is 6.92 Å². The molecule has 0 unspecified atom stereocenters. The molecule has 0 saturated carbocycles. The summed E-state index contributed by atoms with van der Waals surface area (Å²) in [5, 5.41) is 11.2. The molecule has 0 aliphatic carbocycles. The first-order valence-corrected chi connectivity index (χ1v) is 12.2. The Hall–Kier alpha value is -5.03. The molecule has 11 heteroatoms. The number of imidazole rings is 1. The van der Waals surface area contributed by atoms with Crippen LogP contribution in [0.15, 0.2) is 61.2 Å². The Kier molecular flexibility index (Phi) is 6.04. The van der Waals surface area contributed by atoms with Gasteiger partial charge in [-0.1, -0.05) is 0 Å². The van der Waals surface area contributed by atoms with E-state index in [1.807, 2.05) is 45.3 Å². The molecule has 0 fully saturated rings. The molecular weight excluding hydrogens is 497 g/mol. The van der Waals surface area contributed by atoms with Crippen molar-refractivity contribution >= 4 is 33.5 Å². The van der Waals surface area contributed by atoms with Crippen molar-refractivity contribution in [1.82, 2.24) is 40.0 Å². The first-order valence-electron chi connectivity index (χ1n) is 12.2. The molecule has 10 nitrogen and oxygen atoms in total. The van der Waals surface area contributed by atoms with Crippen molar-refractivity contribution < 1.29 is 9.18 Å². The highest BCUT2D eigenvalue weighted by molar-refractivity contribution is 5.97. The smallest absolute Gasteiger partial charge is 0.238 e. The van der Waals surface area contributed by atoms with Crippen LogP contribution in [0.3, 0.4) is 0 Å². The van der Waals surface area contributed by atoms with Gasteiger partial charge in [0, 0.05) is 28.9 Å². The molecule has 6 aromatic rings. The number of hydrogen-bond donors (Lipinski definition) is 3. The number of carbonyl (C=O) groups is 1. The van der Waals surface area contributed by atoms with Gasteiger partial charge in [0.05, 0.1) is 47.0 Å². The molecule has 0 radical (unpaired) electrons. The van der Waals surface area contributed by atoms with Crippen LogP contribution in [0, 0.1) is 12.7 Å². The predicted octanol–water partition coefficient (Wildman–Crippen LogP) is 4.57. The van der Waals surface area contributed by atoms with E-state index in [0.29, 0.717) is 39.7 Å². The summed E-state index contributed by atoms with van der Waals surface area (Å²) in [6.45, 7) is 2.10. The van der Waals surface area contributed by atoms with Crippen LogP contribution in [0.2, 0.25) is 0 Å². The van der Waals surface area contributed by atoms with E-state index in [4.69, 9.17) is 4.98 Å². The number of anilines is 1. The molecule has 0 aliphatic heterocycles. The molecule has 1 aromatic carbocycles. The zero-order valence-electron chi connectivity index (χ0n) is 21.5. The molecule has 0 bridgehead atoms. The van der Waals surface area contributed by atoms with E-state index in [1.54, 1.807) is 29.7 Å². The Morgan fingerprint density at radius 1 is 1.00 bits per heavy atom. The number of aromatic nitrogens is 7. The van der Waals surface area contributed by atoms with Crippen molar-refractivity contribution in [2.24, 2.45) is 0 Å². The fraction of sp³-hybridized carbons (Fsp3) is 0.143. The molecule has 5 heterocycles. The third-order valence-corrected chi connectivity index (χ3v) is 6.17. The molecule has 6 rings (SSSR count). The Balaban J connectivity index is 1.39. The minimum absolute atomic E-state index is 0.133. The first-order chi connectivity index (χ1) is 18.8. The van der Waals surface area contributed by atoms with E-state index in [0.717, 1.165) is 27.5 Å². The number of rotatable bonds is 6. The number of aromatic amines is 2. The topological polar surface area (TPSA) is 128 Å². The second-order valence-electron chi connectivity index (χ2n) is 9.59. The Bertz CT molecular complexity index is 1840. The minimum Gasteiger partial charge on any atom is -0.336 e. The van der Waals surface area contributed by atoms with E-state index in [1.165, 1.54) is 12.1 Å². The largest absolute Gasteiger partial charge is 0.336 e. The summed E-state index contributed by atoms with van der Waals surface area (Å²) in [7, 11) is 3.66. The van der Waals surface area contributed by atoms with Crippen molar-refractivity contribution in [3.05, 3.63) is 72.6 Å². The third kappa shape index (κ3) is 4.82. The fourth-order valence-corrected chi connectivity index (χ4v) is 4.52. The van der Waals surface area contributed by atoms with E-state index < -0.39 is 0 Å². The van der Waals surface area contributed by atoms with Gasteiger partial charge in [0.25, 0.3) is 0 Å². The van der Waals surface area contributed by atoms with E-state index in [9.17, 15) is 9.18 Å². The second kappa shape index (κ2) is 9.69. The monoisotopic (exact) mass is 521 g/mol. The van der Waals surface area contributed by atoms with E-state index in [2.05, 4.69) is 35.5 Å². The Labute approximate surface area is 222 Å². The molecule has 1 amide bonds. The summed E-state index contributed by atoms with van der Waals surface area (Å²) in [6, 6.07) is 10.4. The number of pyridine rings is 3. The van der Waals surface area contributed by atoms with Crippen molar-refractivity contribution in [2.75, 3.05) is 26.0 Å². The van der Waals surface area contributed by atoms with Gasteiger partial charge in [0.1, 0.15) is 17.0 Å². The fourth-order valence-electron chi connectivity index (χ4n) is 4.52. The van der Waals surface area contributed by atoms with Gasteiger partial charge in [0.2, 0.25) is 5.91 Å². The zero-order chi connectivity index (χ0) is 27.1. The second-order valence-corrected chi connectivity index (χ2v) is 9.59. The van der Waals surface area contributed by atoms with Gasteiger partial charge in [-0.15, -0.1) is 0 Å². The summed E-state index contributed by atoms with van der Waals surface area (Å²) in [5.74, 6) is 0.0824. The maximum absolute atomic E-state index is 14.1. The molecule has 194 valence electrons. The number of aryl methyl sites for hydroxylation is 1. The lowest BCUT2D eigenvalue weighted by atomic mass is 10.1. The summed E-state index contributed by atoms with van der Waals surface area (Å²) in [5.41, 5.74) is 6.73. The van der Waals surface area contributed by atoms with Gasteiger partial charge >= 0.3 is 0 Å². The van der Waals surface area contributed by atoms with Gasteiger partial charge in [-0.3, -0.25) is 24.8 Å². The average molecular weight is 522 g/mol. The Morgan fingerprint density at radius 3 is 2.69 bits per heavy atom. The number of nitrogens with zero attached hydrogens (tertiary/aromatic N) is 6. The summed E-state index contributed by atoms with van der Waals surface area (Å²) >= 11 is 0. The number of H-pyrrole nitrogens is 2.